The standard InChI is InChI=1S/C11H14N2/c1-3-8-7-9-10(12)5-4-6-11(9)13(8)2/h4-7H,3,12H2,1-2H3. The number of anilines is 1. The molecule has 0 spiro atoms. The van der Waals surface area contributed by atoms with Gasteiger partial charge in [-0.1, -0.05) is 13.0 Å². The lowest BCUT2D eigenvalue weighted by molar-refractivity contribution is 0.866. The number of nitrogen functional groups attached to an aromatic ring is 1. The first kappa shape index (κ1) is 8.17. The van der Waals surface area contributed by atoms with Crippen LogP contribution in [0.25, 0.3) is 10.9 Å². The average molecular weight is 174 g/mol. The molecule has 0 aliphatic carbocycles. The van der Waals surface area contributed by atoms with E-state index in [2.05, 4.69) is 30.7 Å². The van der Waals surface area contributed by atoms with Crippen molar-refractivity contribution in [1.82, 2.24) is 4.57 Å². The van der Waals surface area contributed by atoms with Gasteiger partial charge in [0.1, 0.15) is 0 Å². The molecule has 0 radical (unpaired) electrons. The van der Waals surface area contributed by atoms with E-state index in [0.29, 0.717) is 0 Å². The topological polar surface area (TPSA) is 30.9 Å². The molecule has 2 rings (SSSR count). The average Bonchev–Trinajstić information content (AvgIpc) is 2.45. The summed E-state index contributed by atoms with van der Waals surface area (Å²) < 4.78 is 2.20. The molecule has 0 atom stereocenters. The van der Waals surface area contributed by atoms with E-state index in [0.717, 1.165) is 12.1 Å². The first-order chi connectivity index (χ1) is 6.24. The highest BCUT2D eigenvalue weighted by molar-refractivity contribution is 5.92. The number of aromatic nitrogens is 1. The largest absolute Gasteiger partial charge is 0.398 e. The molecule has 0 unspecified atom stereocenters. The van der Waals surface area contributed by atoms with Crippen molar-refractivity contribution in [3.63, 3.8) is 0 Å². The Morgan fingerprint density at radius 2 is 2.15 bits per heavy atom. The maximum Gasteiger partial charge on any atom is 0.0500 e. The summed E-state index contributed by atoms with van der Waals surface area (Å²) in [5.41, 5.74) is 9.29. The molecule has 1 aromatic carbocycles. The summed E-state index contributed by atoms with van der Waals surface area (Å²) in [6.07, 6.45) is 1.05. The Morgan fingerprint density at radius 3 is 2.77 bits per heavy atom. The number of rotatable bonds is 1. The summed E-state index contributed by atoms with van der Waals surface area (Å²) in [7, 11) is 2.08. The Bertz CT molecular complexity index is 441. The lowest BCUT2D eigenvalue weighted by Crippen LogP contribution is -1.93. The Morgan fingerprint density at radius 1 is 1.38 bits per heavy atom. The fourth-order valence-corrected chi connectivity index (χ4v) is 1.78. The Balaban J connectivity index is 2.83. The van der Waals surface area contributed by atoms with Crippen molar-refractivity contribution in [3.8, 4) is 0 Å². The summed E-state index contributed by atoms with van der Waals surface area (Å²) in [4.78, 5) is 0. The summed E-state index contributed by atoms with van der Waals surface area (Å²) in [5, 5.41) is 1.17. The van der Waals surface area contributed by atoms with E-state index < -0.39 is 0 Å². The van der Waals surface area contributed by atoms with E-state index in [9.17, 15) is 0 Å². The minimum absolute atomic E-state index is 0.868. The molecule has 0 saturated heterocycles. The van der Waals surface area contributed by atoms with Gasteiger partial charge in [-0.15, -0.1) is 0 Å². The zero-order valence-electron chi connectivity index (χ0n) is 8.04. The number of nitrogens with two attached hydrogens (primary N) is 1. The molecule has 0 aliphatic heterocycles. The highest BCUT2D eigenvalue weighted by Crippen LogP contribution is 2.24. The van der Waals surface area contributed by atoms with Gasteiger partial charge in [0.15, 0.2) is 0 Å². The van der Waals surface area contributed by atoms with Crippen LogP contribution in [0, 0.1) is 0 Å². The van der Waals surface area contributed by atoms with Crippen LogP contribution in [0.4, 0.5) is 5.69 Å². The van der Waals surface area contributed by atoms with Gasteiger partial charge in [0.05, 0.1) is 5.52 Å². The zero-order valence-corrected chi connectivity index (χ0v) is 8.04. The molecule has 68 valence electrons. The van der Waals surface area contributed by atoms with Gasteiger partial charge in [-0.2, -0.15) is 0 Å². The van der Waals surface area contributed by atoms with Crippen molar-refractivity contribution in [2.75, 3.05) is 5.73 Å². The van der Waals surface area contributed by atoms with Crippen molar-refractivity contribution in [2.45, 2.75) is 13.3 Å². The van der Waals surface area contributed by atoms with Crippen LogP contribution in [0.5, 0.6) is 0 Å². The van der Waals surface area contributed by atoms with Crippen LogP contribution in [-0.4, -0.2) is 4.57 Å². The Kier molecular flexibility index (Phi) is 1.76. The van der Waals surface area contributed by atoms with E-state index in [1.54, 1.807) is 0 Å². The van der Waals surface area contributed by atoms with E-state index >= 15 is 0 Å². The van der Waals surface area contributed by atoms with E-state index in [1.165, 1.54) is 16.6 Å². The molecule has 2 heteroatoms. The molecule has 0 bridgehead atoms. The maximum absolute atomic E-state index is 5.88. The minimum atomic E-state index is 0.868. The third-order valence-corrected chi connectivity index (χ3v) is 2.58. The quantitative estimate of drug-likeness (QED) is 0.661. The Labute approximate surface area is 78.0 Å². The number of hydrogen-bond acceptors (Lipinski definition) is 1. The molecule has 0 amide bonds. The molecular weight excluding hydrogens is 160 g/mol. The second kappa shape index (κ2) is 2.80. The second-order valence-electron chi connectivity index (χ2n) is 3.33. The normalized spacial score (nSPS) is 10.9. The van der Waals surface area contributed by atoms with E-state index in [-0.39, 0.29) is 0 Å². The SMILES string of the molecule is CCc1cc2c(N)cccc2n1C. The molecule has 2 N–H and O–H groups in total. The molecule has 2 aromatic rings. The van der Waals surface area contributed by atoms with Gasteiger partial charge in [0.2, 0.25) is 0 Å². The fraction of sp³-hybridized carbons (Fsp3) is 0.273. The van der Waals surface area contributed by atoms with Crippen molar-refractivity contribution >= 4 is 16.6 Å². The first-order valence-corrected chi connectivity index (χ1v) is 4.57. The lowest BCUT2D eigenvalue weighted by Gasteiger charge is -2.00. The summed E-state index contributed by atoms with van der Waals surface area (Å²) in [6, 6.07) is 8.22. The van der Waals surface area contributed by atoms with E-state index in [4.69, 9.17) is 5.73 Å². The van der Waals surface area contributed by atoms with Crippen LogP contribution in [0.1, 0.15) is 12.6 Å². The van der Waals surface area contributed by atoms with Crippen molar-refractivity contribution in [3.05, 3.63) is 30.0 Å². The van der Waals surface area contributed by atoms with Gasteiger partial charge < -0.3 is 10.3 Å². The Hall–Kier alpha value is -1.44. The van der Waals surface area contributed by atoms with Gasteiger partial charge >= 0.3 is 0 Å². The van der Waals surface area contributed by atoms with Crippen LogP contribution >= 0.6 is 0 Å². The molecule has 1 heterocycles. The molecule has 2 nitrogen and oxygen atoms in total. The molecule has 0 aliphatic rings. The highest BCUT2D eigenvalue weighted by atomic mass is 14.9. The van der Waals surface area contributed by atoms with Crippen molar-refractivity contribution in [2.24, 2.45) is 7.05 Å². The van der Waals surface area contributed by atoms with Crippen LogP contribution in [0.15, 0.2) is 24.3 Å². The molecular formula is C11H14N2. The fourth-order valence-electron chi connectivity index (χ4n) is 1.78. The smallest absolute Gasteiger partial charge is 0.0500 e. The maximum atomic E-state index is 5.88. The van der Waals surface area contributed by atoms with Crippen LogP contribution in [-0.2, 0) is 13.5 Å². The number of fused-ring (bicyclic) bond motifs is 1. The van der Waals surface area contributed by atoms with Gasteiger partial charge in [-0.3, -0.25) is 0 Å². The molecule has 1 aromatic heterocycles. The van der Waals surface area contributed by atoms with Gasteiger partial charge in [-0.25, -0.2) is 0 Å². The summed E-state index contributed by atoms with van der Waals surface area (Å²) >= 11 is 0. The zero-order chi connectivity index (χ0) is 9.42. The minimum Gasteiger partial charge on any atom is -0.398 e. The summed E-state index contributed by atoms with van der Waals surface area (Å²) in [6.45, 7) is 2.16. The predicted octanol–water partition coefficient (Wildman–Crippen LogP) is 2.32. The number of hydrogen-bond donors (Lipinski definition) is 1. The van der Waals surface area contributed by atoms with Crippen molar-refractivity contribution < 1.29 is 0 Å². The molecule has 0 saturated carbocycles. The number of aryl methyl sites for hydroxylation is 2. The van der Waals surface area contributed by atoms with Crippen LogP contribution in [0.2, 0.25) is 0 Å². The van der Waals surface area contributed by atoms with Gasteiger partial charge in [0.25, 0.3) is 0 Å². The van der Waals surface area contributed by atoms with Crippen molar-refractivity contribution in [1.29, 1.82) is 0 Å². The highest BCUT2D eigenvalue weighted by Gasteiger charge is 2.05. The van der Waals surface area contributed by atoms with Crippen LogP contribution < -0.4 is 5.73 Å². The third kappa shape index (κ3) is 1.10. The predicted molar refractivity (Wildman–Crippen MR) is 56.7 cm³/mol. The summed E-state index contributed by atoms with van der Waals surface area (Å²) in [5.74, 6) is 0. The van der Waals surface area contributed by atoms with Gasteiger partial charge in [0, 0.05) is 23.8 Å². The number of benzene rings is 1. The second-order valence-corrected chi connectivity index (χ2v) is 3.33. The lowest BCUT2D eigenvalue weighted by atomic mass is 10.2. The van der Waals surface area contributed by atoms with Gasteiger partial charge in [-0.05, 0) is 24.6 Å². The number of nitrogens with zero attached hydrogens (tertiary/aromatic N) is 1. The van der Waals surface area contributed by atoms with Crippen LogP contribution in [0.3, 0.4) is 0 Å². The third-order valence-electron chi connectivity index (χ3n) is 2.58. The van der Waals surface area contributed by atoms with E-state index in [1.807, 2.05) is 12.1 Å². The molecule has 0 fully saturated rings. The molecule has 13 heavy (non-hydrogen) atoms. The first-order valence-electron chi connectivity index (χ1n) is 4.57. The monoisotopic (exact) mass is 174 g/mol.